The zero-order valence-electron chi connectivity index (χ0n) is 13.7. The molecule has 0 saturated carbocycles. The number of amides is 1. The van der Waals surface area contributed by atoms with Crippen LogP contribution in [-0.4, -0.2) is 30.4 Å². The number of carbonyl (C=O) groups is 1. The fourth-order valence-electron chi connectivity index (χ4n) is 2.53. The molecule has 3 aromatic rings. The molecule has 3 rings (SSSR count). The molecule has 2 heterocycles. The lowest BCUT2D eigenvalue weighted by Crippen LogP contribution is -2.14. The molecular weight excluding hydrogens is 324 g/mol. The van der Waals surface area contributed by atoms with E-state index >= 15 is 0 Å². The fourth-order valence-corrected chi connectivity index (χ4v) is 2.53. The van der Waals surface area contributed by atoms with E-state index in [1.165, 1.54) is 18.3 Å². The first kappa shape index (κ1) is 16.4. The zero-order chi connectivity index (χ0) is 18.0. The molecule has 128 valence electrons. The van der Waals surface area contributed by atoms with Gasteiger partial charge < -0.3 is 5.32 Å². The molecule has 2 aromatic heterocycles. The number of nitrogens with zero attached hydrogens (tertiary/aromatic N) is 5. The van der Waals surface area contributed by atoms with Crippen molar-refractivity contribution in [1.29, 1.82) is 0 Å². The van der Waals surface area contributed by atoms with Crippen molar-refractivity contribution >= 4 is 17.3 Å². The molecule has 9 heteroatoms. The van der Waals surface area contributed by atoms with Crippen LogP contribution in [0.4, 0.5) is 11.4 Å². The molecule has 1 aromatic carbocycles. The lowest BCUT2D eigenvalue weighted by atomic mass is 10.2. The number of nitro benzene ring substituents is 1. The van der Waals surface area contributed by atoms with Crippen molar-refractivity contribution in [2.75, 3.05) is 5.32 Å². The minimum atomic E-state index is -0.458. The average molecular weight is 340 g/mol. The number of carbonyl (C=O) groups excluding carboxylic acids is 1. The maximum Gasteiger partial charge on any atom is 0.269 e. The number of nitrogens with one attached hydrogen (secondary N) is 1. The third kappa shape index (κ3) is 3.25. The average Bonchev–Trinajstić information content (AvgIpc) is 3.20. The number of rotatable bonds is 5. The van der Waals surface area contributed by atoms with Gasteiger partial charge in [0.15, 0.2) is 0 Å². The van der Waals surface area contributed by atoms with Gasteiger partial charge in [0.1, 0.15) is 0 Å². The molecule has 1 N–H and O–H groups in total. The van der Waals surface area contributed by atoms with Crippen molar-refractivity contribution in [3.63, 3.8) is 0 Å². The van der Waals surface area contributed by atoms with Crippen LogP contribution in [0.5, 0.6) is 0 Å². The summed E-state index contributed by atoms with van der Waals surface area (Å²) >= 11 is 0. The van der Waals surface area contributed by atoms with Gasteiger partial charge in [-0.15, -0.1) is 0 Å². The van der Waals surface area contributed by atoms with Gasteiger partial charge in [-0.3, -0.25) is 19.6 Å². The van der Waals surface area contributed by atoms with E-state index in [0.29, 0.717) is 23.4 Å². The fraction of sp³-hybridized carbons (Fsp3) is 0.188. The van der Waals surface area contributed by atoms with Gasteiger partial charge in [0.25, 0.3) is 11.6 Å². The van der Waals surface area contributed by atoms with Crippen LogP contribution in [0.1, 0.15) is 23.0 Å². The molecule has 9 nitrogen and oxygen atoms in total. The van der Waals surface area contributed by atoms with E-state index in [-0.39, 0.29) is 11.6 Å². The summed E-state index contributed by atoms with van der Waals surface area (Å²) < 4.78 is 3.21. The zero-order valence-corrected chi connectivity index (χ0v) is 13.7. The Morgan fingerprint density at radius 3 is 2.52 bits per heavy atom. The van der Waals surface area contributed by atoms with E-state index in [1.807, 2.05) is 6.92 Å². The Labute approximate surface area is 143 Å². The third-order valence-electron chi connectivity index (χ3n) is 3.72. The van der Waals surface area contributed by atoms with Crippen LogP contribution < -0.4 is 5.32 Å². The number of aryl methyl sites for hydroxylation is 1. The topological polar surface area (TPSA) is 108 Å². The Morgan fingerprint density at radius 2 is 1.96 bits per heavy atom. The van der Waals surface area contributed by atoms with Gasteiger partial charge in [0, 0.05) is 25.4 Å². The molecule has 0 atom stereocenters. The van der Waals surface area contributed by atoms with Gasteiger partial charge in [0.2, 0.25) is 0 Å². The second kappa shape index (κ2) is 6.56. The van der Waals surface area contributed by atoms with Crippen LogP contribution in [0.2, 0.25) is 0 Å². The normalized spacial score (nSPS) is 10.6. The van der Waals surface area contributed by atoms with Crippen molar-refractivity contribution in [2.24, 2.45) is 7.05 Å². The molecule has 0 spiro atoms. The van der Waals surface area contributed by atoms with E-state index in [4.69, 9.17) is 0 Å². The van der Waals surface area contributed by atoms with E-state index < -0.39 is 4.92 Å². The summed E-state index contributed by atoms with van der Waals surface area (Å²) in [6, 6.07) is 6.03. The first-order valence-electron chi connectivity index (χ1n) is 7.61. The summed E-state index contributed by atoms with van der Waals surface area (Å²) in [7, 11) is 1.76. The number of non-ortho nitro benzene ring substituents is 1. The van der Waals surface area contributed by atoms with Crippen molar-refractivity contribution in [2.45, 2.75) is 13.3 Å². The summed E-state index contributed by atoms with van der Waals surface area (Å²) in [5, 5.41) is 21.8. The maximum absolute atomic E-state index is 12.5. The van der Waals surface area contributed by atoms with Crippen molar-refractivity contribution in [3.8, 4) is 5.69 Å². The van der Waals surface area contributed by atoms with Crippen molar-refractivity contribution < 1.29 is 9.72 Å². The lowest BCUT2D eigenvalue weighted by molar-refractivity contribution is -0.384. The summed E-state index contributed by atoms with van der Waals surface area (Å²) in [6.07, 6.45) is 5.33. The van der Waals surface area contributed by atoms with Crippen LogP contribution in [0, 0.1) is 10.1 Å². The van der Waals surface area contributed by atoms with Gasteiger partial charge >= 0.3 is 0 Å². The standard InChI is InChI=1S/C16H16N6O3/c1-3-15-14(16(23)19-11-8-17-20(2)10-11)9-18-21(15)12-4-6-13(7-5-12)22(24)25/h4-10H,3H2,1-2H3,(H,19,23). The Hall–Kier alpha value is -3.49. The lowest BCUT2D eigenvalue weighted by Gasteiger charge is -2.08. The van der Waals surface area contributed by atoms with Crippen LogP contribution in [0.25, 0.3) is 5.69 Å². The molecular formula is C16H16N6O3. The number of anilines is 1. The van der Waals surface area contributed by atoms with Crippen molar-refractivity contribution in [3.05, 3.63) is 64.2 Å². The number of hydrogen-bond donors (Lipinski definition) is 1. The number of nitro groups is 1. The van der Waals surface area contributed by atoms with E-state index in [2.05, 4.69) is 15.5 Å². The van der Waals surface area contributed by atoms with Gasteiger partial charge in [-0.05, 0) is 18.6 Å². The van der Waals surface area contributed by atoms with Gasteiger partial charge in [0.05, 0.1) is 39.9 Å². The Balaban J connectivity index is 1.90. The highest BCUT2D eigenvalue weighted by Gasteiger charge is 2.18. The van der Waals surface area contributed by atoms with E-state index in [1.54, 1.807) is 40.9 Å². The number of hydrogen-bond acceptors (Lipinski definition) is 5. The summed E-state index contributed by atoms with van der Waals surface area (Å²) in [6.45, 7) is 1.92. The SMILES string of the molecule is CCc1c(C(=O)Nc2cnn(C)c2)cnn1-c1ccc([N+](=O)[O-])cc1. The smallest absolute Gasteiger partial charge is 0.269 e. The minimum absolute atomic E-state index is 0.00324. The number of benzene rings is 1. The summed E-state index contributed by atoms with van der Waals surface area (Å²) in [4.78, 5) is 22.8. The summed E-state index contributed by atoms with van der Waals surface area (Å²) in [5.74, 6) is -0.280. The monoisotopic (exact) mass is 340 g/mol. The Morgan fingerprint density at radius 1 is 1.24 bits per heavy atom. The van der Waals surface area contributed by atoms with E-state index in [9.17, 15) is 14.9 Å². The predicted molar refractivity (Wildman–Crippen MR) is 90.8 cm³/mol. The molecule has 0 aliphatic carbocycles. The van der Waals surface area contributed by atoms with Gasteiger partial charge in [-0.2, -0.15) is 10.2 Å². The molecule has 0 radical (unpaired) electrons. The molecule has 0 fully saturated rings. The van der Waals surface area contributed by atoms with Crippen molar-refractivity contribution in [1.82, 2.24) is 19.6 Å². The Kier molecular flexibility index (Phi) is 4.29. The molecule has 25 heavy (non-hydrogen) atoms. The highest BCUT2D eigenvalue weighted by Crippen LogP contribution is 2.20. The number of aromatic nitrogens is 4. The third-order valence-corrected chi connectivity index (χ3v) is 3.72. The minimum Gasteiger partial charge on any atom is -0.319 e. The van der Waals surface area contributed by atoms with Crippen LogP contribution >= 0.6 is 0 Å². The molecule has 1 amide bonds. The quantitative estimate of drug-likeness (QED) is 0.566. The molecule has 0 bridgehead atoms. The van der Waals surface area contributed by atoms with Crippen LogP contribution in [0.15, 0.2) is 42.9 Å². The molecule has 0 unspecified atom stereocenters. The highest BCUT2D eigenvalue weighted by molar-refractivity contribution is 6.04. The van der Waals surface area contributed by atoms with Gasteiger partial charge in [-0.1, -0.05) is 6.92 Å². The predicted octanol–water partition coefficient (Wildman–Crippen LogP) is 2.33. The molecule has 0 saturated heterocycles. The van der Waals surface area contributed by atoms with Crippen LogP contribution in [-0.2, 0) is 13.5 Å². The maximum atomic E-state index is 12.5. The molecule has 0 aliphatic heterocycles. The Bertz CT molecular complexity index is 926. The first-order chi connectivity index (χ1) is 12.0. The van der Waals surface area contributed by atoms with Crippen LogP contribution in [0.3, 0.4) is 0 Å². The first-order valence-corrected chi connectivity index (χ1v) is 7.61. The molecule has 0 aliphatic rings. The highest BCUT2D eigenvalue weighted by atomic mass is 16.6. The second-order valence-electron chi connectivity index (χ2n) is 5.40. The van der Waals surface area contributed by atoms with E-state index in [0.717, 1.165) is 5.69 Å². The summed E-state index contributed by atoms with van der Waals surface area (Å²) in [5.41, 5.74) is 2.42. The largest absolute Gasteiger partial charge is 0.319 e. The van der Waals surface area contributed by atoms with Gasteiger partial charge in [-0.25, -0.2) is 4.68 Å². The second-order valence-corrected chi connectivity index (χ2v) is 5.40.